The Morgan fingerprint density at radius 3 is 2.50 bits per heavy atom. The fraction of sp³-hybridized carbons (Fsp3) is 0.333. The highest BCUT2D eigenvalue weighted by Crippen LogP contribution is 2.38. The van der Waals surface area contributed by atoms with Gasteiger partial charge in [-0.2, -0.15) is 0 Å². The molecule has 0 atom stereocenters. The zero-order valence-electron chi connectivity index (χ0n) is 22.0. The molecule has 0 aliphatic heterocycles. The van der Waals surface area contributed by atoms with Crippen molar-refractivity contribution < 1.29 is 9.53 Å². The molecule has 0 radical (unpaired) electrons. The second kappa shape index (κ2) is 11.7. The number of anilines is 1. The molecule has 198 valence electrons. The summed E-state index contributed by atoms with van der Waals surface area (Å²) in [7, 11) is 5.54. The van der Waals surface area contributed by atoms with E-state index < -0.39 is 0 Å². The van der Waals surface area contributed by atoms with Gasteiger partial charge in [-0.1, -0.05) is 35.9 Å². The van der Waals surface area contributed by atoms with Gasteiger partial charge in [0, 0.05) is 53.1 Å². The Labute approximate surface area is 233 Å². The van der Waals surface area contributed by atoms with Gasteiger partial charge in [-0.3, -0.25) is 4.79 Å². The summed E-state index contributed by atoms with van der Waals surface area (Å²) in [6.07, 6.45) is 5.81. The molecule has 0 bridgehead atoms. The molecule has 2 aromatic heterocycles. The maximum absolute atomic E-state index is 14.2. The van der Waals surface area contributed by atoms with Crippen LogP contribution in [-0.4, -0.2) is 49.1 Å². The molecule has 1 fully saturated rings. The zero-order valence-corrected chi connectivity index (χ0v) is 23.5. The van der Waals surface area contributed by atoms with Crippen LogP contribution in [-0.2, 0) is 6.54 Å². The van der Waals surface area contributed by atoms with E-state index in [1.165, 1.54) is 11.3 Å². The minimum absolute atomic E-state index is 0.0170. The number of methoxy groups -OCH3 is 1. The van der Waals surface area contributed by atoms with E-state index >= 15 is 0 Å². The largest absolute Gasteiger partial charge is 0.496 e. The van der Waals surface area contributed by atoms with Gasteiger partial charge in [-0.25, -0.2) is 4.98 Å². The van der Waals surface area contributed by atoms with Gasteiger partial charge in [0.25, 0.3) is 5.91 Å². The number of nitrogens with one attached hydrogen (secondary N) is 2. The Hall–Kier alpha value is -3.13. The molecule has 2 N–H and O–H groups in total. The topological polar surface area (TPSA) is 66.5 Å². The van der Waals surface area contributed by atoms with Crippen molar-refractivity contribution in [1.82, 2.24) is 15.2 Å². The van der Waals surface area contributed by atoms with E-state index in [0.29, 0.717) is 22.5 Å². The number of hydrogen-bond donors (Lipinski definition) is 2. The molecule has 2 aromatic carbocycles. The van der Waals surface area contributed by atoms with E-state index in [9.17, 15) is 4.79 Å². The third kappa shape index (κ3) is 5.37. The molecule has 1 aliphatic carbocycles. The first-order valence-electron chi connectivity index (χ1n) is 13.0. The van der Waals surface area contributed by atoms with Crippen LogP contribution in [0.25, 0.3) is 21.2 Å². The Balaban J connectivity index is 1.51. The molecule has 0 spiro atoms. The number of benzene rings is 2. The molecule has 0 unspecified atom stereocenters. The van der Waals surface area contributed by atoms with Crippen molar-refractivity contribution in [3.05, 3.63) is 76.3 Å². The normalized spacial score (nSPS) is 17.4. The predicted molar refractivity (Wildman–Crippen MR) is 158 cm³/mol. The molecule has 38 heavy (non-hydrogen) atoms. The van der Waals surface area contributed by atoms with Crippen LogP contribution < -0.4 is 15.4 Å². The number of ether oxygens (including phenoxy) is 1. The average molecular weight is 549 g/mol. The first kappa shape index (κ1) is 26.5. The number of thiophene rings is 1. The number of pyridine rings is 1. The van der Waals surface area contributed by atoms with Gasteiger partial charge in [-0.15, -0.1) is 11.3 Å². The fourth-order valence-corrected chi connectivity index (χ4v) is 6.77. The van der Waals surface area contributed by atoms with Gasteiger partial charge in [0.1, 0.15) is 16.4 Å². The maximum Gasteiger partial charge on any atom is 0.266 e. The fourth-order valence-electron chi connectivity index (χ4n) is 5.30. The van der Waals surface area contributed by atoms with E-state index in [1.807, 2.05) is 73.7 Å². The smallest absolute Gasteiger partial charge is 0.266 e. The average Bonchev–Trinajstić information content (AvgIpc) is 3.32. The molecule has 8 heteroatoms. The molecule has 6 nitrogen and oxygen atoms in total. The van der Waals surface area contributed by atoms with E-state index in [0.717, 1.165) is 64.0 Å². The number of rotatable bonds is 8. The summed E-state index contributed by atoms with van der Waals surface area (Å²) in [4.78, 5) is 21.3. The lowest BCUT2D eigenvalue weighted by molar-refractivity contribution is 0.0604. The minimum atomic E-state index is -0.0170. The first-order valence-corrected chi connectivity index (χ1v) is 14.2. The Morgan fingerprint density at radius 1 is 1.08 bits per heavy atom. The lowest BCUT2D eigenvalue weighted by Crippen LogP contribution is -2.44. The van der Waals surface area contributed by atoms with Crippen LogP contribution >= 0.6 is 22.9 Å². The Morgan fingerprint density at radius 2 is 1.84 bits per heavy atom. The van der Waals surface area contributed by atoms with Gasteiger partial charge in [0.05, 0.1) is 12.1 Å². The van der Waals surface area contributed by atoms with Crippen molar-refractivity contribution in [1.29, 1.82) is 0 Å². The number of halogens is 1. The summed E-state index contributed by atoms with van der Waals surface area (Å²) in [6.45, 7) is 0.442. The standard InChI is InChI=1S/C30H33ClN4O2S/c1-32-22-10-12-23(13-11-22)35(30(36)29-28(31)24-6-4-5-7-26(24)38-29)18-21-16-19(8-14-25(21)37-3)20-9-15-27(33-2)34-17-20/h4-9,14-17,22-23,32H,10-13,18H2,1-3H3,(H,33,34)/t22-,23-. The van der Waals surface area contributed by atoms with E-state index in [1.54, 1.807) is 7.11 Å². The molecule has 1 saturated carbocycles. The number of nitrogens with zero attached hydrogens (tertiary/aromatic N) is 2. The van der Waals surface area contributed by atoms with Crippen LogP contribution in [0.15, 0.2) is 60.8 Å². The summed E-state index contributed by atoms with van der Waals surface area (Å²) in [5, 5.41) is 7.93. The van der Waals surface area contributed by atoms with Crippen molar-refractivity contribution in [2.24, 2.45) is 0 Å². The van der Waals surface area contributed by atoms with Crippen molar-refractivity contribution in [3.8, 4) is 16.9 Å². The summed E-state index contributed by atoms with van der Waals surface area (Å²) in [5.41, 5.74) is 3.00. The van der Waals surface area contributed by atoms with Gasteiger partial charge in [0.15, 0.2) is 0 Å². The van der Waals surface area contributed by atoms with Crippen molar-refractivity contribution >= 4 is 44.7 Å². The summed E-state index contributed by atoms with van der Waals surface area (Å²) in [6, 6.07) is 18.7. The van der Waals surface area contributed by atoms with Crippen molar-refractivity contribution in [2.75, 3.05) is 26.5 Å². The second-order valence-corrected chi connectivity index (χ2v) is 11.1. The van der Waals surface area contributed by atoms with Gasteiger partial charge < -0.3 is 20.3 Å². The van der Waals surface area contributed by atoms with Crippen LogP contribution in [0.1, 0.15) is 40.9 Å². The number of aromatic nitrogens is 1. The number of carbonyl (C=O) groups excluding carboxylic acids is 1. The highest BCUT2D eigenvalue weighted by atomic mass is 35.5. The monoisotopic (exact) mass is 548 g/mol. The third-order valence-electron chi connectivity index (χ3n) is 7.51. The van der Waals surface area contributed by atoms with E-state index in [4.69, 9.17) is 16.3 Å². The van der Waals surface area contributed by atoms with Crippen LogP contribution in [0.3, 0.4) is 0 Å². The number of carbonyl (C=O) groups is 1. The number of hydrogen-bond acceptors (Lipinski definition) is 6. The van der Waals surface area contributed by atoms with Crippen LogP contribution in [0, 0.1) is 0 Å². The molecule has 5 rings (SSSR count). The molecule has 1 amide bonds. The lowest BCUT2D eigenvalue weighted by Gasteiger charge is -2.37. The van der Waals surface area contributed by atoms with Crippen molar-refractivity contribution in [2.45, 2.75) is 44.3 Å². The zero-order chi connectivity index (χ0) is 26.6. The highest BCUT2D eigenvalue weighted by molar-refractivity contribution is 7.21. The van der Waals surface area contributed by atoms with Gasteiger partial charge >= 0.3 is 0 Å². The quantitative estimate of drug-likeness (QED) is 0.252. The Kier molecular flexibility index (Phi) is 8.17. The highest BCUT2D eigenvalue weighted by Gasteiger charge is 2.32. The predicted octanol–water partition coefficient (Wildman–Crippen LogP) is 6.84. The molecule has 1 aliphatic rings. The Bertz CT molecular complexity index is 1410. The first-order chi connectivity index (χ1) is 18.5. The van der Waals surface area contributed by atoms with Gasteiger partial charge in [-0.05, 0) is 68.6 Å². The molecule has 0 saturated heterocycles. The van der Waals surface area contributed by atoms with E-state index in [-0.39, 0.29) is 11.9 Å². The van der Waals surface area contributed by atoms with Crippen LogP contribution in [0.2, 0.25) is 5.02 Å². The minimum Gasteiger partial charge on any atom is -0.496 e. The third-order valence-corrected chi connectivity index (χ3v) is 9.17. The molecule has 2 heterocycles. The summed E-state index contributed by atoms with van der Waals surface area (Å²) in [5.74, 6) is 1.56. The maximum atomic E-state index is 14.2. The number of amides is 1. The van der Waals surface area contributed by atoms with Crippen LogP contribution in [0.5, 0.6) is 5.75 Å². The summed E-state index contributed by atoms with van der Waals surface area (Å²) >= 11 is 8.26. The van der Waals surface area contributed by atoms with E-state index in [2.05, 4.69) is 21.7 Å². The second-order valence-electron chi connectivity index (χ2n) is 9.68. The van der Waals surface area contributed by atoms with Gasteiger partial charge in [0.2, 0.25) is 0 Å². The molecular formula is C30H33ClN4O2S. The molecular weight excluding hydrogens is 516 g/mol. The summed E-state index contributed by atoms with van der Waals surface area (Å²) < 4.78 is 6.78. The van der Waals surface area contributed by atoms with Crippen LogP contribution in [0.4, 0.5) is 5.82 Å². The SMILES string of the molecule is CNc1ccc(-c2ccc(OC)c(CN(C(=O)c3sc4ccccc4c3Cl)[C@H]3CC[C@H](NC)CC3)c2)cn1. The number of fused-ring (bicyclic) bond motifs is 1. The lowest BCUT2D eigenvalue weighted by atomic mass is 9.89. The van der Waals surface area contributed by atoms with Crippen molar-refractivity contribution in [3.63, 3.8) is 0 Å². The molecule has 4 aromatic rings.